The van der Waals surface area contributed by atoms with E-state index in [2.05, 4.69) is 4.98 Å². The van der Waals surface area contributed by atoms with Crippen molar-refractivity contribution in [2.24, 2.45) is 0 Å². The Hall–Kier alpha value is -0.910. The Labute approximate surface area is 103 Å². The molecule has 0 aliphatic carbocycles. The summed E-state index contributed by atoms with van der Waals surface area (Å²) in [6, 6.07) is 7.81. The van der Waals surface area contributed by atoms with Gasteiger partial charge >= 0.3 is 0 Å². The zero-order chi connectivity index (χ0) is 11.5. The van der Waals surface area contributed by atoms with Crippen LogP contribution in [0.1, 0.15) is 0 Å². The fraction of sp³-hybridized carbons (Fsp3) is 0.273. The monoisotopic (exact) mass is 252 g/mol. The molecule has 2 rings (SSSR count). The minimum absolute atomic E-state index is 0.0713. The molecular weight excluding hydrogens is 240 g/mol. The van der Waals surface area contributed by atoms with Gasteiger partial charge in [0.1, 0.15) is 4.64 Å². The molecule has 2 aromatic rings. The number of rotatable bonds is 3. The van der Waals surface area contributed by atoms with Gasteiger partial charge in [0, 0.05) is 11.9 Å². The van der Waals surface area contributed by atoms with Crippen LogP contribution in [0, 0.1) is 4.64 Å². The van der Waals surface area contributed by atoms with Gasteiger partial charge in [0.2, 0.25) is 0 Å². The Bertz CT molecular complexity index is 565. The molecule has 3 nitrogen and oxygen atoms in total. The lowest BCUT2D eigenvalue weighted by molar-refractivity contribution is 0.269. The summed E-state index contributed by atoms with van der Waals surface area (Å²) in [6.45, 7) is 0.564. The van der Waals surface area contributed by atoms with Crippen LogP contribution in [-0.4, -0.2) is 27.5 Å². The van der Waals surface area contributed by atoms with E-state index in [0.29, 0.717) is 6.54 Å². The SMILES string of the molecule is CSc1nc2ccccc2c(=S)n1CCO. The first-order valence-electron chi connectivity index (χ1n) is 4.92. The molecule has 0 aliphatic rings. The predicted octanol–water partition coefficient (Wildman–Crippen LogP) is 2.48. The normalized spacial score (nSPS) is 10.9. The Morgan fingerprint density at radius 3 is 2.88 bits per heavy atom. The Balaban J connectivity index is 2.77. The molecule has 0 atom stereocenters. The molecule has 0 unspecified atom stereocenters. The third kappa shape index (κ3) is 1.98. The molecule has 0 saturated carbocycles. The molecule has 84 valence electrons. The van der Waals surface area contributed by atoms with Gasteiger partial charge in [-0.05, 0) is 18.4 Å². The van der Waals surface area contributed by atoms with Gasteiger partial charge in [-0.3, -0.25) is 0 Å². The number of aromatic nitrogens is 2. The summed E-state index contributed by atoms with van der Waals surface area (Å²) in [6.07, 6.45) is 1.96. The van der Waals surface area contributed by atoms with E-state index < -0.39 is 0 Å². The van der Waals surface area contributed by atoms with Gasteiger partial charge < -0.3 is 9.67 Å². The highest BCUT2D eigenvalue weighted by molar-refractivity contribution is 7.98. The Morgan fingerprint density at radius 2 is 2.19 bits per heavy atom. The predicted molar refractivity (Wildman–Crippen MR) is 69.4 cm³/mol. The van der Waals surface area contributed by atoms with E-state index in [1.54, 1.807) is 0 Å². The molecule has 0 spiro atoms. The zero-order valence-electron chi connectivity index (χ0n) is 8.88. The molecular formula is C11H12N2OS2. The number of nitrogens with zero attached hydrogens (tertiary/aromatic N) is 2. The fourth-order valence-corrected chi connectivity index (χ4v) is 2.60. The van der Waals surface area contributed by atoms with E-state index in [-0.39, 0.29) is 6.61 Å². The number of thioether (sulfide) groups is 1. The number of aliphatic hydroxyl groups is 1. The molecule has 5 heteroatoms. The van der Waals surface area contributed by atoms with E-state index in [1.807, 2.05) is 35.1 Å². The van der Waals surface area contributed by atoms with E-state index >= 15 is 0 Å². The molecule has 1 aromatic heterocycles. The van der Waals surface area contributed by atoms with Crippen LogP contribution in [0.4, 0.5) is 0 Å². The second-order valence-electron chi connectivity index (χ2n) is 3.30. The zero-order valence-corrected chi connectivity index (χ0v) is 10.5. The molecule has 0 bridgehead atoms. The van der Waals surface area contributed by atoms with Crippen LogP contribution < -0.4 is 0 Å². The summed E-state index contributed by atoms with van der Waals surface area (Å²) in [5.41, 5.74) is 0.908. The third-order valence-corrected chi connectivity index (χ3v) is 3.45. The minimum Gasteiger partial charge on any atom is -0.395 e. The average molecular weight is 252 g/mol. The van der Waals surface area contributed by atoms with Crippen LogP contribution in [0.2, 0.25) is 0 Å². The third-order valence-electron chi connectivity index (χ3n) is 2.33. The van der Waals surface area contributed by atoms with Gasteiger partial charge in [0.25, 0.3) is 0 Å². The van der Waals surface area contributed by atoms with Gasteiger partial charge in [0.15, 0.2) is 5.16 Å². The summed E-state index contributed by atoms with van der Waals surface area (Å²) >= 11 is 6.95. The van der Waals surface area contributed by atoms with Gasteiger partial charge in [-0.2, -0.15) is 0 Å². The highest BCUT2D eigenvalue weighted by Crippen LogP contribution is 2.20. The van der Waals surface area contributed by atoms with Crippen molar-refractivity contribution in [2.75, 3.05) is 12.9 Å². The summed E-state index contributed by atoms with van der Waals surface area (Å²) in [4.78, 5) is 4.52. The molecule has 0 aliphatic heterocycles. The summed E-state index contributed by atoms with van der Waals surface area (Å²) in [5.74, 6) is 0. The molecule has 0 amide bonds. The van der Waals surface area contributed by atoms with Gasteiger partial charge in [-0.1, -0.05) is 36.1 Å². The first-order chi connectivity index (χ1) is 7.77. The van der Waals surface area contributed by atoms with Crippen molar-refractivity contribution >= 4 is 34.9 Å². The summed E-state index contributed by atoms with van der Waals surface area (Å²) in [7, 11) is 0. The number of aliphatic hydroxyl groups excluding tert-OH is 1. The fourth-order valence-electron chi connectivity index (χ4n) is 1.60. The molecule has 16 heavy (non-hydrogen) atoms. The summed E-state index contributed by atoms with van der Waals surface area (Å²) in [5, 5.41) is 10.8. The minimum atomic E-state index is 0.0713. The Morgan fingerprint density at radius 1 is 1.44 bits per heavy atom. The number of para-hydroxylation sites is 1. The van der Waals surface area contributed by atoms with Crippen LogP contribution in [0.15, 0.2) is 29.4 Å². The van der Waals surface area contributed by atoms with E-state index in [9.17, 15) is 0 Å². The Kier molecular flexibility index (Phi) is 3.58. The van der Waals surface area contributed by atoms with Crippen molar-refractivity contribution in [3.63, 3.8) is 0 Å². The standard InChI is InChI=1S/C11H12N2OS2/c1-16-11-12-9-5-3-2-4-8(9)10(15)13(11)6-7-14/h2-5,14H,6-7H2,1H3. The first kappa shape index (κ1) is 11.6. The second kappa shape index (κ2) is 4.95. The van der Waals surface area contributed by atoms with Crippen molar-refractivity contribution in [2.45, 2.75) is 11.7 Å². The maximum atomic E-state index is 9.03. The van der Waals surface area contributed by atoms with E-state index in [4.69, 9.17) is 17.3 Å². The maximum Gasteiger partial charge on any atom is 0.169 e. The molecule has 0 saturated heterocycles. The molecule has 0 radical (unpaired) electrons. The summed E-state index contributed by atoms with van der Waals surface area (Å²) < 4.78 is 2.62. The number of hydrogen-bond acceptors (Lipinski definition) is 4. The van der Waals surface area contributed by atoms with Crippen LogP contribution in [-0.2, 0) is 6.54 Å². The van der Waals surface area contributed by atoms with Crippen LogP contribution in [0.3, 0.4) is 0 Å². The van der Waals surface area contributed by atoms with Crippen LogP contribution in [0.25, 0.3) is 10.9 Å². The van der Waals surface area contributed by atoms with Crippen LogP contribution in [0.5, 0.6) is 0 Å². The number of fused-ring (bicyclic) bond motifs is 1. The highest BCUT2D eigenvalue weighted by atomic mass is 32.2. The van der Waals surface area contributed by atoms with Gasteiger partial charge in [-0.15, -0.1) is 0 Å². The highest BCUT2D eigenvalue weighted by Gasteiger charge is 2.06. The topological polar surface area (TPSA) is 38.0 Å². The van der Waals surface area contributed by atoms with E-state index in [1.165, 1.54) is 11.8 Å². The van der Waals surface area contributed by atoms with Crippen molar-refractivity contribution in [3.05, 3.63) is 28.9 Å². The molecule has 0 fully saturated rings. The first-order valence-corrected chi connectivity index (χ1v) is 6.55. The number of hydrogen-bond donors (Lipinski definition) is 1. The van der Waals surface area contributed by atoms with Crippen molar-refractivity contribution in [1.29, 1.82) is 0 Å². The van der Waals surface area contributed by atoms with Crippen molar-refractivity contribution < 1.29 is 5.11 Å². The maximum absolute atomic E-state index is 9.03. The van der Waals surface area contributed by atoms with Crippen molar-refractivity contribution in [3.8, 4) is 0 Å². The quantitative estimate of drug-likeness (QED) is 0.517. The lowest BCUT2D eigenvalue weighted by Gasteiger charge is -2.11. The molecule has 1 N–H and O–H groups in total. The molecule has 1 aromatic carbocycles. The smallest absolute Gasteiger partial charge is 0.169 e. The van der Waals surface area contributed by atoms with Gasteiger partial charge in [0.05, 0.1) is 12.1 Å². The average Bonchev–Trinajstić information content (AvgIpc) is 2.33. The lowest BCUT2D eigenvalue weighted by atomic mass is 10.2. The van der Waals surface area contributed by atoms with Gasteiger partial charge in [-0.25, -0.2) is 4.98 Å². The molecule has 1 heterocycles. The lowest BCUT2D eigenvalue weighted by Crippen LogP contribution is -2.09. The number of benzene rings is 1. The van der Waals surface area contributed by atoms with Crippen LogP contribution >= 0.6 is 24.0 Å². The largest absolute Gasteiger partial charge is 0.395 e. The second-order valence-corrected chi connectivity index (χ2v) is 4.46. The van der Waals surface area contributed by atoms with Crippen molar-refractivity contribution in [1.82, 2.24) is 9.55 Å². The van der Waals surface area contributed by atoms with E-state index in [0.717, 1.165) is 20.7 Å².